The number of ether oxygens (including phenoxy) is 3. The Labute approximate surface area is 362 Å². The van der Waals surface area contributed by atoms with Gasteiger partial charge in [0, 0.05) is 37.8 Å². The van der Waals surface area contributed by atoms with Crippen LogP contribution in [0, 0.1) is 5.92 Å². The summed E-state index contributed by atoms with van der Waals surface area (Å²) in [5, 5.41) is 9.67. The van der Waals surface area contributed by atoms with Gasteiger partial charge in [-0.25, -0.2) is 0 Å². The minimum Gasteiger partial charge on any atom is -0.462 e. The van der Waals surface area contributed by atoms with Crippen LogP contribution in [0.4, 0.5) is 0 Å². The van der Waals surface area contributed by atoms with E-state index in [0.29, 0.717) is 12.8 Å². The van der Waals surface area contributed by atoms with E-state index in [0.717, 1.165) is 179 Å². The SMILES string of the molecule is CCCCCCCSC1CN(CCCO)CCC1C(=O)OC(CCCCCCC(=O)OC(CCCC)CCCC)CCCCCCC(=O)OC(CCCC)CCCC. The molecule has 342 valence electrons. The van der Waals surface area contributed by atoms with Gasteiger partial charge in [-0.2, -0.15) is 11.8 Å². The summed E-state index contributed by atoms with van der Waals surface area (Å²) >= 11 is 1.96. The van der Waals surface area contributed by atoms with E-state index in [1.807, 2.05) is 11.8 Å². The molecule has 0 aliphatic carbocycles. The summed E-state index contributed by atoms with van der Waals surface area (Å²) in [4.78, 5) is 41.7. The van der Waals surface area contributed by atoms with Gasteiger partial charge in [0.15, 0.2) is 0 Å². The molecule has 2 atom stereocenters. The van der Waals surface area contributed by atoms with E-state index in [9.17, 15) is 19.5 Å². The van der Waals surface area contributed by atoms with Gasteiger partial charge < -0.3 is 24.2 Å². The van der Waals surface area contributed by atoms with Gasteiger partial charge in [-0.15, -0.1) is 0 Å². The number of esters is 3. The van der Waals surface area contributed by atoms with Crippen molar-refractivity contribution in [2.45, 2.75) is 257 Å². The zero-order valence-electron chi connectivity index (χ0n) is 38.6. The molecular weight excluding hydrogens is 747 g/mol. The van der Waals surface area contributed by atoms with Crippen molar-refractivity contribution in [1.82, 2.24) is 4.90 Å². The Hall–Kier alpha value is -1.32. The fraction of sp³-hybridized carbons (Fsp3) is 0.939. The highest BCUT2D eigenvalue weighted by Crippen LogP contribution is 2.32. The maximum absolute atomic E-state index is 14.0. The van der Waals surface area contributed by atoms with E-state index in [1.54, 1.807) is 0 Å². The minimum absolute atomic E-state index is 0.0258. The van der Waals surface area contributed by atoms with Crippen LogP contribution >= 0.6 is 11.8 Å². The Morgan fingerprint density at radius 3 is 1.47 bits per heavy atom. The van der Waals surface area contributed by atoms with Crippen LogP contribution < -0.4 is 0 Å². The first-order valence-corrected chi connectivity index (χ1v) is 25.9. The van der Waals surface area contributed by atoms with E-state index in [2.05, 4.69) is 39.5 Å². The Bertz CT molecular complexity index is 921. The van der Waals surface area contributed by atoms with Crippen molar-refractivity contribution in [2.75, 3.05) is 32.0 Å². The molecule has 0 bridgehead atoms. The largest absolute Gasteiger partial charge is 0.462 e. The summed E-state index contributed by atoms with van der Waals surface area (Å²) in [5.41, 5.74) is 0. The lowest BCUT2D eigenvalue weighted by atomic mass is 9.95. The smallest absolute Gasteiger partial charge is 0.310 e. The monoisotopic (exact) mass is 840 g/mol. The van der Waals surface area contributed by atoms with Gasteiger partial charge in [0.2, 0.25) is 0 Å². The summed E-state index contributed by atoms with van der Waals surface area (Å²) in [6.07, 6.45) is 30.8. The fourth-order valence-corrected chi connectivity index (χ4v) is 9.57. The molecule has 1 heterocycles. The number of carbonyl (C=O) groups excluding carboxylic acids is 3. The van der Waals surface area contributed by atoms with Crippen molar-refractivity contribution in [3.63, 3.8) is 0 Å². The molecule has 1 aliphatic heterocycles. The summed E-state index contributed by atoms with van der Waals surface area (Å²) in [6, 6.07) is 0. The molecule has 1 N–H and O–H groups in total. The fourth-order valence-electron chi connectivity index (χ4n) is 8.10. The normalized spacial score (nSPS) is 16.1. The number of thioether (sulfide) groups is 1. The molecule has 0 spiro atoms. The summed E-state index contributed by atoms with van der Waals surface area (Å²) in [7, 11) is 0. The number of hydrogen-bond acceptors (Lipinski definition) is 9. The van der Waals surface area contributed by atoms with Crippen molar-refractivity contribution < 1.29 is 33.7 Å². The van der Waals surface area contributed by atoms with E-state index < -0.39 is 0 Å². The molecule has 0 aromatic rings. The zero-order chi connectivity index (χ0) is 42.5. The highest BCUT2D eigenvalue weighted by Gasteiger charge is 2.36. The van der Waals surface area contributed by atoms with Gasteiger partial charge in [0.05, 0.1) is 5.92 Å². The number of hydrogen-bond donors (Lipinski definition) is 1. The van der Waals surface area contributed by atoms with E-state index in [1.165, 1.54) is 32.1 Å². The van der Waals surface area contributed by atoms with Crippen LogP contribution in [0.25, 0.3) is 0 Å². The zero-order valence-corrected chi connectivity index (χ0v) is 39.4. The van der Waals surface area contributed by atoms with Crippen LogP contribution in [0.2, 0.25) is 0 Å². The van der Waals surface area contributed by atoms with Crippen LogP contribution in [0.5, 0.6) is 0 Å². The summed E-state index contributed by atoms with van der Waals surface area (Å²) < 4.78 is 18.2. The first-order chi connectivity index (χ1) is 28.3. The molecule has 0 amide bonds. The number of aliphatic hydroxyl groups excluding tert-OH is 1. The van der Waals surface area contributed by atoms with Crippen LogP contribution in [-0.4, -0.2) is 83.5 Å². The Kier molecular flexibility index (Phi) is 36.4. The number of unbranched alkanes of at least 4 members (excludes halogenated alkanes) is 14. The molecule has 58 heavy (non-hydrogen) atoms. The first-order valence-electron chi connectivity index (χ1n) is 24.9. The Morgan fingerprint density at radius 1 is 0.552 bits per heavy atom. The highest BCUT2D eigenvalue weighted by molar-refractivity contribution is 7.99. The second-order valence-corrected chi connectivity index (χ2v) is 18.7. The van der Waals surface area contributed by atoms with E-state index in [4.69, 9.17) is 14.2 Å². The van der Waals surface area contributed by atoms with Gasteiger partial charge in [0.25, 0.3) is 0 Å². The number of carbonyl (C=O) groups is 3. The second kappa shape index (κ2) is 38.6. The quantitative estimate of drug-likeness (QED) is 0.0367. The van der Waals surface area contributed by atoms with Crippen molar-refractivity contribution in [3.05, 3.63) is 0 Å². The molecular formula is C49H93NO7S. The van der Waals surface area contributed by atoms with Crippen LogP contribution in [0.1, 0.15) is 234 Å². The van der Waals surface area contributed by atoms with Crippen molar-refractivity contribution in [2.24, 2.45) is 5.92 Å². The molecule has 1 aliphatic rings. The molecule has 0 aromatic carbocycles. The number of likely N-dealkylation sites (tertiary alicyclic amines) is 1. The van der Waals surface area contributed by atoms with Gasteiger partial charge in [-0.1, -0.05) is 137 Å². The molecule has 1 rings (SSSR count). The average Bonchev–Trinajstić information content (AvgIpc) is 3.22. The molecule has 0 aromatic heterocycles. The number of rotatable bonds is 40. The maximum atomic E-state index is 14.0. The molecule has 2 unspecified atom stereocenters. The van der Waals surface area contributed by atoms with Crippen molar-refractivity contribution in [1.29, 1.82) is 0 Å². The molecule has 1 fully saturated rings. The van der Waals surface area contributed by atoms with Gasteiger partial charge >= 0.3 is 17.9 Å². The molecule has 0 radical (unpaired) electrons. The molecule has 1 saturated heterocycles. The molecule has 8 nitrogen and oxygen atoms in total. The van der Waals surface area contributed by atoms with E-state index >= 15 is 0 Å². The highest BCUT2D eigenvalue weighted by atomic mass is 32.2. The first kappa shape index (κ1) is 54.7. The topological polar surface area (TPSA) is 102 Å². The van der Waals surface area contributed by atoms with Crippen LogP contribution in [-0.2, 0) is 28.6 Å². The number of aliphatic hydroxyl groups is 1. The third-order valence-electron chi connectivity index (χ3n) is 11.9. The lowest BCUT2D eigenvalue weighted by molar-refractivity contribution is -0.156. The van der Waals surface area contributed by atoms with Crippen molar-refractivity contribution >= 4 is 29.7 Å². The standard InChI is InChI=1S/C49H93NO7S/c1-6-11-16-21-26-40-58-46-41-50(37-27-39-51)38-36-45(46)49(54)57-44(32-22-17-19-24-34-47(52)55-42(28-12-7-2)29-13-8-3)33-23-18-20-25-35-48(53)56-43(30-14-9-4)31-15-10-5/h42-46,51H,6-41H2,1-5H3. The predicted molar refractivity (Wildman–Crippen MR) is 244 cm³/mol. The number of nitrogens with zero attached hydrogens (tertiary/aromatic N) is 1. The van der Waals surface area contributed by atoms with Crippen LogP contribution in [0.15, 0.2) is 0 Å². The summed E-state index contributed by atoms with van der Waals surface area (Å²) in [5.74, 6) is 0.846. The Morgan fingerprint density at radius 2 is 0.983 bits per heavy atom. The van der Waals surface area contributed by atoms with Gasteiger partial charge in [0.1, 0.15) is 18.3 Å². The van der Waals surface area contributed by atoms with Crippen molar-refractivity contribution in [3.8, 4) is 0 Å². The lowest BCUT2D eigenvalue weighted by Crippen LogP contribution is -2.46. The van der Waals surface area contributed by atoms with Crippen LogP contribution in [0.3, 0.4) is 0 Å². The minimum atomic E-state index is -0.106. The second-order valence-electron chi connectivity index (χ2n) is 17.4. The van der Waals surface area contributed by atoms with Gasteiger partial charge in [-0.05, 0) is 95.8 Å². The average molecular weight is 840 g/mol. The van der Waals surface area contributed by atoms with Gasteiger partial charge in [-0.3, -0.25) is 14.4 Å². The lowest BCUT2D eigenvalue weighted by Gasteiger charge is -2.37. The Balaban J connectivity index is 2.74. The third kappa shape index (κ3) is 29.0. The number of piperidine rings is 1. The third-order valence-corrected chi connectivity index (χ3v) is 13.3. The maximum Gasteiger partial charge on any atom is 0.310 e. The summed E-state index contributed by atoms with van der Waals surface area (Å²) in [6.45, 7) is 13.8. The molecule has 0 saturated carbocycles. The predicted octanol–water partition coefficient (Wildman–Crippen LogP) is 12.9. The van der Waals surface area contributed by atoms with E-state index in [-0.39, 0.29) is 54.0 Å². The molecule has 9 heteroatoms.